The van der Waals surface area contributed by atoms with Gasteiger partial charge in [-0.1, -0.05) is 45.7 Å². The lowest BCUT2D eigenvalue weighted by atomic mass is 9.98. The van der Waals surface area contributed by atoms with Crippen molar-refractivity contribution in [2.75, 3.05) is 14.2 Å². The topological polar surface area (TPSA) is 21.3 Å². The Balaban J connectivity index is 2.34. The number of halogens is 3. The van der Waals surface area contributed by atoms with E-state index in [9.17, 15) is 4.39 Å². The van der Waals surface area contributed by atoms with Gasteiger partial charge in [0.15, 0.2) is 0 Å². The molecule has 0 saturated carbocycles. The van der Waals surface area contributed by atoms with E-state index in [0.29, 0.717) is 12.0 Å². The number of hydrogen-bond donors (Lipinski definition) is 1. The molecule has 2 nitrogen and oxygen atoms in total. The normalized spacial score (nSPS) is 12.2. The van der Waals surface area contributed by atoms with Gasteiger partial charge in [-0.15, -0.1) is 0 Å². The van der Waals surface area contributed by atoms with E-state index < -0.39 is 0 Å². The first-order valence-corrected chi connectivity index (χ1v) is 7.67. The Morgan fingerprint density at radius 1 is 1.33 bits per heavy atom. The summed E-state index contributed by atoms with van der Waals surface area (Å²) in [6.07, 6.45) is 0.487. The molecule has 0 bridgehead atoms. The second-order valence-corrected chi connectivity index (χ2v) is 5.97. The molecule has 0 amide bonds. The van der Waals surface area contributed by atoms with Crippen LogP contribution in [0, 0.1) is 5.82 Å². The lowest BCUT2D eigenvalue weighted by Crippen LogP contribution is -2.20. The number of ether oxygens (including phenoxy) is 1. The highest BCUT2D eigenvalue weighted by Gasteiger charge is 2.18. The van der Waals surface area contributed by atoms with Gasteiger partial charge in [0.2, 0.25) is 0 Å². The minimum atomic E-state index is -0.365. The van der Waals surface area contributed by atoms with Crippen LogP contribution in [-0.4, -0.2) is 14.2 Å². The van der Waals surface area contributed by atoms with Crippen LogP contribution in [0.4, 0.5) is 4.39 Å². The van der Waals surface area contributed by atoms with Gasteiger partial charge in [0.05, 0.1) is 12.1 Å². The summed E-state index contributed by atoms with van der Waals surface area (Å²) in [7, 11) is 3.46. The van der Waals surface area contributed by atoms with E-state index in [1.165, 1.54) is 0 Å². The molecule has 2 aromatic carbocycles. The van der Waals surface area contributed by atoms with E-state index in [2.05, 4.69) is 21.2 Å². The van der Waals surface area contributed by atoms with Gasteiger partial charge < -0.3 is 10.1 Å². The molecule has 1 atom stereocenters. The van der Waals surface area contributed by atoms with Gasteiger partial charge in [0.25, 0.3) is 0 Å². The van der Waals surface area contributed by atoms with Crippen molar-refractivity contribution in [2.24, 2.45) is 0 Å². The van der Waals surface area contributed by atoms with E-state index in [1.807, 2.05) is 25.2 Å². The lowest BCUT2D eigenvalue weighted by molar-refractivity contribution is 0.400. The molecule has 0 fully saturated rings. The summed E-state index contributed by atoms with van der Waals surface area (Å²) in [6.45, 7) is 0. The highest BCUT2D eigenvalue weighted by molar-refractivity contribution is 9.10. The first-order valence-electron chi connectivity index (χ1n) is 6.50. The van der Waals surface area contributed by atoms with E-state index >= 15 is 0 Å². The van der Waals surface area contributed by atoms with Crippen molar-refractivity contribution in [1.82, 2.24) is 5.32 Å². The van der Waals surface area contributed by atoms with Crippen LogP contribution in [0.1, 0.15) is 17.2 Å². The van der Waals surface area contributed by atoms with Crippen molar-refractivity contribution in [2.45, 2.75) is 12.5 Å². The molecule has 0 aromatic heterocycles. The third-order valence-electron chi connectivity index (χ3n) is 3.38. The zero-order chi connectivity index (χ0) is 15.4. The average molecular weight is 373 g/mol. The van der Waals surface area contributed by atoms with E-state index in [-0.39, 0.29) is 16.9 Å². The lowest BCUT2D eigenvalue weighted by Gasteiger charge is -2.20. The maximum atomic E-state index is 14.1. The molecule has 112 valence electrons. The minimum absolute atomic E-state index is 0.0685. The van der Waals surface area contributed by atoms with Crippen LogP contribution < -0.4 is 10.1 Å². The first kappa shape index (κ1) is 16.3. The summed E-state index contributed by atoms with van der Waals surface area (Å²) in [4.78, 5) is 0. The maximum Gasteiger partial charge on any atom is 0.145 e. The van der Waals surface area contributed by atoms with Crippen molar-refractivity contribution < 1.29 is 9.13 Å². The van der Waals surface area contributed by atoms with E-state index in [1.54, 1.807) is 25.3 Å². The highest BCUT2D eigenvalue weighted by atomic mass is 79.9. The van der Waals surface area contributed by atoms with Gasteiger partial charge in [-0.25, -0.2) is 4.39 Å². The molecule has 0 heterocycles. The zero-order valence-corrected chi connectivity index (χ0v) is 14.1. The summed E-state index contributed by atoms with van der Waals surface area (Å²) >= 11 is 9.26. The van der Waals surface area contributed by atoms with Crippen LogP contribution in [0.2, 0.25) is 5.02 Å². The fourth-order valence-corrected chi connectivity index (χ4v) is 2.80. The predicted octanol–water partition coefficient (Wildman–Crippen LogP) is 4.75. The fourth-order valence-electron chi connectivity index (χ4n) is 2.27. The molecule has 5 heteroatoms. The van der Waals surface area contributed by atoms with Crippen LogP contribution in [0.5, 0.6) is 5.75 Å². The number of benzene rings is 2. The summed E-state index contributed by atoms with van der Waals surface area (Å²) in [5.41, 5.74) is 1.55. The molecule has 0 aliphatic carbocycles. The Morgan fingerprint density at radius 3 is 2.76 bits per heavy atom. The second-order valence-electron chi connectivity index (χ2n) is 4.64. The van der Waals surface area contributed by atoms with Gasteiger partial charge in [-0.3, -0.25) is 0 Å². The summed E-state index contributed by atoms with van der Waals surface area (Å²) < 4.78 is 20.4. The molecule has 0 saturated heterocycles. The van der Waals surface area contributed by atoms with Gasteiger partial charge in [0.1, 0.15) is 11.6 Å². The van der Waals surface area contributed by atoms with E-state index in [0.717, 1.165) is 15.8 Å². The first-order chi connectivity index (χ1) is 10.1. The molecular formula is C16H16BrClFNO. The molecule has 0 spiro atoms. The largest absolute Gasteiger partial charge is 0.496 e. The van der Waals surface area contributed by atoms with Crippen LogP contribution >= 0.6 is 27.5 Å². The molecule has 0 radical (unpaired) electrons. The standard InChI is InChI=1S/C16H16BrClFNO/c1-20-14(8-10-4-3-5-13(18)16(10)19)12-7-6-11(17)9-15(12)21-2/h3-7,9,14,20H,8H2,1-2H3. The van der Waals surface area contributed by atoms with Crippen LogP contribution in [0.25, 0.3) is 0 Å². The quantitative estimate of drug-likeness (QED) is 0.817. The Hall–Kier alpha value is -1.10. The third-order valence-corrected chi connectivity index (χ3v) is 4.16. The molecule has 1 unspecified atom stereocenters. The van der Waals surface area contributed by atoms with Crippen LogP contribution in [0.15, 0.2) is 40.9 Å². The molecule has 0 aliphatic rings. The minimum Gasteiger partial charge on any atom is -0.496 e. The fraction of sp³-hybridized carbons (Fsp3) is 0.250. The number of methoxy groups -OCH3 is 1. The summed E-state index contributed by atoms with van der Waals surface area (Å²) in [5.74, 6) is 0.390. The predicted molar refractivity (Wildman–Crippen MR) is 87.6 cm³/mol. The number of rotatable bonds is 5. The van der Waals surface area contributed by atoms with Crippen LogP contribution in [-0.2, 0) is 6.42 Å². The Labute approximate surface area is 137 Å². The van der Waals surface area contributed by atoms with Gasteiger partial charge in [-0.05, 0) is 37.2 Å². The van der Waals surface area contributed by atoms with Crippen molar-refractivity contribution in [3.8, 4) is 5.75 Å². The molecule has 2 aromatic rings. The van der Waals surface area contributed by atoms with Crippen molar-refractivity contribution in [1.29, 1.82) is 0 Å². The Bertz CT molecular complexity index is 636. The van der Waals surface area contributed by atoms with Crippen molar-refractivity contribution in [3.05, 3.63) is 62.8 Å². The molecule has 2 rings (SSSR count). The smallest absolute Gasteiger partial charge is 0.145 e. The van der Waals surface area contributed by atoms with Gasteiger partial charge >= 0.3 is 0 Å². The summed E-state index contributed by atoms with van der Waals surface area (Å²) in [5, 5.41) is 3.35. The highest BCUT2D eigenvalue weighted by Crippen LogP contribution is 2.31. The number of likely N-dealkylation sites (N-methyl/N-ethyl adjacent to an activating group) is 1. The second kappa shape index (κ2) is 7.25. The number of hydrogen-bond acceptors (Lipinski definition) is 2. The molecule has 21 heavy (non-hydrogen) atoms. The average Bonchev–Trinajstić information content (AvgIpc) is 2.49. The third kappa shape index (κ3) is 3.76. The van der Waals surface area contributed by atoms with Gasteiger partial charge in [0, 0.05) is 16.1 Å². The Morgan fingerprint density at radius 2 is 2.10 bits per heavy atom. The molecule has 0 aliphatic heterocycles. The summed E-state index contributed by atoms with van der Waals surface area (Å²) in [6, 6.07) is 10.8. The Kier molecular flexibility index (Phi) is 5.62. The van der Waals surface area contributed by atoms with Crippen LogP contribution in [0.3, 0.4) is 0 Å². The number of nitrogens with one attached hydrogen (secondary N) is 1. The monoisotopic (exact) mass is 371 g/mol. The zero-order valence-electron chi connectivity index (χ0n) is 11.8. The van der Waals surface area contributed by atoms with Crippen molar-refractivity contribution in [3.63, 3.8) is 0 Å². The van der Waals surface area contributed by atoms with Gasteiger partial charge in [-0.2, -0.15) is 0 Å². The SMILES string of the molecule is CNC(Cc1cccc(Cl)c1F)c1ccc(Br)cc1OC. The maximum absolute atomic E-state index is 14.1. The molecular weight excluding hydrogens is 357 g/mol. The molecule has 1 N–H and O–H groups in total. The van der Waals surface area contributed by atoms with E-state index in [4.69, 9.17) is 16.3 Å². The van der Waals surface area contributed by atoms with Crippen molar-refractivity contribution >= 4 is 27.5 Å².